The van der Waals surface area contributed by atoms with Gasteiger partial charge < -0.3 is 0 Å². The van der Waals surface area contributed by atoms with E-state index in [1.165, 1.54) is 0 Å². The SMILES string of the molecule is Cc1ccc(S(=O)(=O)C(=S)N(c2ccccc2)c2ccccc2)cc1. The molecule has 0 aliphatic rings. The molecular formula is C20H17NO2S2. The van der Waals surface area contributed by atoms with Crippen molar-refractivity contribution < 1.29 is 8.42 Å². The molecule has 0 spiro atoms. The van der Waals surface area contributed by atoms with Crippen molar-refractivity contribution in [2.75, 3.05) is 4.90 Å². The largest absolute Gasteiger partial charge is 0.292 e. The van der Waals surface area contributed by atoms with E-state index in [4.69, 9.17) is 12.2 Å². The van der Waals surface area contributed by atoms with Gasteiger partial charge in [-0.2, -0.15) is 0 Å². The summed E-state index contributed by atoms with van der Waals surface area (Å²) in [6, 6.07) is 25.2. The number of hydrogen-bond donors (Lipinski definition) is 0. The first kappa shape index (κ1) is 17.3. The first-order chi connectivity index (χ1) is 12.0. The number of benzene rings is 3. The number of hydrogen-bond acceptors (Lipinski definition) is 3. The predicted molar refractivity (Wildman–Crippen MR) is 106 cm³/mol. The van der Waals surface area contributed by atoms with Crippen molar-refractivity contribution in [3.05, 3.63) is 90.5 Å². The minimum Gasteiger partial charge on any atom is -0.292 e. The van der Waals surface area contributed by atoms with E-state index in [1.54, 1.807) is 29.2 Å². The van der Waals surface area contributed by atoms with Crippen LogP contribution in [0.25, 0.3) is 0 Å². The third kappa shape index (κ3) is 3.62. The van der Waals surface area contributed by atoms with Crippen LogP contribution in [0.1, 0.15) is 5.56 Å². The van der Waals surface area contributed by atoms with Crippen LogP contribution in [0.3, 0.4) is 0 Å². The molecule has 5 heteroatoms. The summed E-state index contributed by atoms with van der Waals surface area (Å²) in [4.78, 5) is 1.78. The fourth-order valence-corrected chi connectivity index (χ4v) is 4.10. The van der Waals surface area contributed by atoms with E-state index in [-0.39, 0.29) is 9.22 Å². The second-order valence-corrected chi connectivity index (χ2v) is 8.10. The first-order valence-electron chi connectivity index (χ1n) is 7.76. The van der Waals surface area contributed by atoms with E-state index in [0.717, 1.165) is 5.56 Å². The summed E-state index contributed by atoms with van der Waals surface area (Å²) >= 11 is 5.43. The standard InChI is InChI=1S/C20H17NO2S2/c1-16-12-14-19(15-13-16)25(22,23)20(24)21(17-8-4-2-5-9-17)18-10-6-3-7-11-18/h2-15H,1H3. The van der Waals surface area contributed by atoms with Gasteiger partial charge in [0, 0.05) is 11.4 Å². The number of anilines is 2. The highest BCUT2D eigenvalue weighted by molar-refractivity contribution is 8.17. The molecule has 0 radical (unpaired) electrons. The van der Waals surface area contributed by atoms with E-state index >= 15 is 0 Å². The second-order valence-electron chi connectivity index (χ2n) is 5.59. The van der Waals surface area contributed by atoms with Gasteiger partial charge >= 0.3 is 0 Å². The molecule has 0 saturated carbocycles. The third-order valence-electron chi connectivity index (χ3n) is 3.77. The topological polar surface area (TPSA) is 37.4 Å². The average molecular weight is 367 g/mol. The lowest BCUT2D eigenvalue weighted by molar-refractivity contribution is 0.607. The molecule has 25 heavy (non-hydrogen) atoms. The second kappa shape index (κ2) is 7.17. The molecule has 3 nitrogen and oxygen atoms in total. The fraction of sp³-hybridized carbons (Fsp3) is 0.0500. The number of sulfone groups is 1. The Morgan fingerprint density at radius 3 is 1.64 bits per heavy atom. The molecule has 0 N–H and O–H groups in total. The van der Waals surface area contributed by atoms with Gasteiger partial charge in [0.25, 0.3) is 0 Å². The maximum absolute atomic E-state index is 13.0. The number of rotatable bonds is 3. The molecule has 3 rings (SSSR count). The molecule has 126 valence electrons. The molecule has 0 atom stereocenters. The molecule has 0 aliphatic carbocycles. The van der Waals surface area contributed by atoms with Gasteiger partial charge in [0.2, 0.25) is 14.2 Å². The summed E-state index contributed by atoms with van der Waals surface area (Å²) in [5, 5.41) is 0. The minimum absolute atomic E-state index is 0.145. The average Bonchev–Trinajstić information content (AvgIpc) is 2.64. The first-order valence-corrected chi connectivity index (χ1v) is 9.65. The van der Waals surface area contributed by atoms with Crippen molar-refractivity contribution in [3.8, 4) is 0 Å². The molecule has 0 aromatic heterocycles. The monoisotopic (exact) mass is 367 g/mol. The van der Waals surface area contributed by atoms with Gasteiger partial charge in [-0.15, -0.1) is 0 Å². The zero-order chi connectivity index (χ0) is 17.9. The summed E-state index contributed by atoms with van der Waals surface area (Å²) in [6.45, 7) is 1.91. The maximum Gasteiger partial charge on any atom is 0.232 e. The Hall–Kier alpha value is -2.50. The van der Waals surface area contributed by atoms with E-state index in [1.807, 2.05) is 67.6 Å². The van der Waals surface area contributed by atoms with E-state index < -0.39 is 9.84 Å². The van der Waals surface area contributed by atoms with E-state index in [2.05, 4.69) is 0 Å². The van der Waals surface area contributed by atoms with Crippen molar-refractivity contribution >= 4 is 37.8 Å². The predicted octanol–water partition coefficient (Wildman–Crippen LogP) is 4.89. The van der Waals surface area contributed by atoms with Crippen LogP contribution in [-0.2, 0) is 9.84 Å². The zero-order valence-corrected chi connectivity index (χ0v) is 15.3. The Balaban J connectivity index is 2.10. The molecule has 3 aromatic carbocycles. The fourth-order valence-electron chi connectivity index (χ4n) is 2.45. The number of nitrogens with zero attached hydrogens (tertiary/aromatic N) is 1. The van der Waals surface area contributed by atoms with E-state index in [9.17, 15) is 8.42 Å². The van der Waals surface area contributed by atoms with Gasteiger partial charge in [-0.05, 0) is 55.5 Å². The van der Waals surface area contributed by atoms with Crippen LogP contribution < -0.4 is 4.90 Å². The summed E-state index contributed by atoms with van der Waals surface area (Å²) in [5.41, 5.74) is 2.40. The molecule has 3 aromatic rings. The van der Waals surface area contributed by atoms with Gasteiger partial charge in [0.15, 0.2) is 0 Å². The summed E-state index contributed by atoms with van der Waals surface area (Å²) in [7, 11) is -3.79. The van der Waals surface area contributed by atoms with E-state index in [0.29, 0.717) is 11.4 Å². The lowest BCUT2D eigenvalue weighted by Crippen LogP contribution is -2.31. The third-order valence-corrected chi connectivity index (χ3v) is 6.15. The van der Waals surface area contributed by atoms with Gasteiger partial charge in [0.1, 0.15) is 0 Å². The highest BCUT2D eigenvalue weighted by Crippen LogP contribution is 2.29. The van der Waals surface area contributed by atoms with Crippen LogP contribution in [0.4, 0.5) is 11.4 Å². The summed E-state index contributed by atoms with van der Waals surface area (Å²) in [5.74, 6) is 0. The van der Waals surface area contributed by atoms with Gasteiger partial charge in [-0.1, -0.05) is 54.1 Å². The lowest BCUT2D eigenvalue weighted by atomic mass is 10.2. The molecule has 0 saturated heterocycles. The van der Waals surface area contributed by atoms with Crippen molar-refractivity contribution in [2.45, 2.75) is 11.8 Å². The number of thiocarbonyl (C=S) groups is 1. The maximum atomic E-state index is 13.0. The lowest BCUT2D eigenvalue weighted by Gasteiger charge is -2.25. The Morgan fingerprint density at radius 2 is 1.20 bits per heavy atom. The number of para-hydroxylation sites is 2. The van der Waals surface area contributed by atoms with Crippen molar-refractivity contribution in [1.82, 2.24) is 0 Å². The van der Waals surface area contributed by atoms with Crippen LogP contribution >= 0.6 is 12.2 Å². The molecule has 0 unspecified atom stereocenters. The van der Waals surface area contributed by atoms with Gasteiger partial charge in [-0.3, -0.25) is 4.90 Å². The smallest absolute Gasteiger partial charge is 0.232 e. The van der Waals surface area contributed by atoms with Crippen molar-refractivity contribution in [2.24, 2.45) is 0 Å². The molecule has 0 bridgehead atoms. The highest BCUT2D eigenvalue weighted by atomic mass is 32.2. The zero-order valence-electron chi connectivity index (χ0n) is 13.7. The summed E-state index contributed by atoms with van der Waals surface area (Å²) < 4.78 is 26.0. The molecule has 0 aliphatic heterocycles. The van der Waals surface area contributed by atoms with Crippen molar-refractivity contribution in [1.29, 1.82) is 0 Å². The Bertz CT molecular complexity index is 928. The van der Waals surface area contributed by atoms with Crippen LogP contribution in [0.15, 0.2) is 89.8 Å². The van der Waals surface area contributed by atoms with Crippen molar-refractivity contribution in [3.63, 3.8) is 0 Å². The van der Waals surface area contributed by atoms with Crippen LogP contribution in [0, 0.1) is 6.92 Å². The number of aryl methyl sites for hydroxylation is 1. The molecule has 0 fully saturated rings. The highest BCUT2D eigenvalue weighted by Gasteiger charge is 2.28. The van der Waals surface area contributed by atoms with Gasteiger partial charge in [0.05, 0.1) is 4.90 Å². The Morgan fingerprint density at radius 1 is 0.760 bits per heavy atom. The Labute approximate surface area is 153 Å². The Kier molecular flexibility index (Phi) is 4.97. The molecule has 0 heterocycles. The normalized spacial score (nSPS) is 11.1. The minimum atomic E-state index is -3.79. The van der Waals surface area contributed by atoms with Crippen LogP contribution in [0.2, 0.25) is 0 Å². The molecule has 0 amide bonds. The van der Waals surface area contributed by atoms with Gasteiger partial charge in [-0.25, -0.2) is 8.42 Å². The molecular weight excluding hydrogens is 350 g/mol. The quantitative estimate of drug-likeness (QED) is 0.618. The van der Waals surface area contributed by atoms with Crippen LogP contribution in [-0.4, -0.2) is 12.7 Å². The van der Waals surface area contributed by atoms with Crippen LogP contribution in [0.5, 0.6) is 0 Å². The summed E-state index contributed by atoms with van der Waals surface area (Å²) in [6.07, 6.45) is 0.